The van der Waals surface area contributed by atoms with Crippen LogP contribution < -0.4 is 0 Å². The van der Waals surface area contributed by atoms with Crippen molar-refractivity contribution < 1.29 is 4.42 Å². The van der Waals surface area contributed by atoms with Crippen LogP contribution in [0.1, 0.15) is 32.1 Å². The highest BCUT2D eigenvalue weighted by Gasteiger charge is 2.21. The van der Waals surface area contributed by atoms with Crippen LogP contribution >= 0.6 is 11.3 Å². The van der Waals surface area contributed by atoms with Crippen molar-refractivity contribution in [3.05, 3.63) is 89.5 Å². The summed E-state index contributed by atoms with van der Waals surface area (Å²) >= 11 is 1.69. The Morgan fingerprint density at radius 2 is 1.58 bits per heavy atom. The highest BCUT2D eigenvalue weighted by atomic mass is 32.1. The molecule has 0 saturated heterocycles. The first-order valence-corrected chi connectivity index (χ1v) is 12.2. The molecule has 3 heteroatoms. The number of hydrogen-bond donors (Lipinski definition) is 0. The minimum Gasteiger partial charge on any atom is -0.461 e. The fraction of sp³-hybridized carbons (Fsp3) is 0.167. The van der Waals surface area contributed by atoms with Gasteiger partial charge in [0, 0.05) is 21.9 Å². The van der Waals surface area contributed by atoms with Gasteiger partial charge in [-0.1, -0.05) is 63.2 Å². The summed E-state index contributed by atoms with van der Waals surface area (Å²) in [6.45, 7) is 8.89. The standard InChI is InChI=1S/C30H25NOS/c1-18-28(23-11-7-8-12-27(23)32-18)24-17-26(31-29-22(24)13-14-33-29)20-15-19-9-5-6-10-21(19)25(16-20)30(2,3)4/h5-17H,1-4H3. The molecule has 2 nitrogen and oxygen atoms in total. The third kappa shape index (κ3) is 3.27. The van der Waals surface area contributed by atoms with Crippen LogP contribution in [0.2, 0.25) is 0 Å². The molecule has 3 heterocycles. The zero-order chi connectivity index (χ0) is 22.7. The van der Waals surface area contributed by atoms with Crippen molar-refractivity contribution in [1.82, 2.24) is 4.98 Å². The summed E-state index contributed by atoms with van der Waals surface area (Å²) in [6, 6.07) is 26.0. The molecule has 0 aliphatic carbocycles. The van der Waals surface area contributed by atoms with Gasteiger partial charge in [0.1, 0.15) is 16.2 Å². The van der Waals surface area contributed by atoms with E-state index < -0.39 is 0 Å². The number of nitrogens with zero attached hydrogens (tertiary/aromatic N) is 1. The van der Waals surface area contributed by atoms with Crippen LogP contribution in [-0.4, -0.2) is 4.98 Å². The van der Waals surface area contributed by atoms with E-state index >= 15 is 0 Å². The maximum atomic E-state index is 6.13. The topological polar surface area (TPSA) is 26.0 Å². The number of aromatic nitrogens is 1. The first-order valence-electron chi connectivity index (χ1n) is 11.3. The number of benzene rings is 3. The molecule has 6 aromatic rings. The minimum absolute atomic E-state index is 0.0306. The van der Waals surface area contributed by atoms with E-state index in [2.05, 4.69) is 93.7 Å². The Hall–Kier alpha value is -3.43. The largest absolute Gasteiger partial charge is 0.461 e. The Labute approximate surface area is 197 Å². The molecule has 0 aliphatic rings. The molecular formula is C30H25NOS. The van der Waals surface area contributed by atoms with Crippen LogP contribution in [0, 0.1) is 6.92 Å². The van der Waals surface area contributed by atoms with Crippen LogP contribution in [0.5, 0.6) is 0 Å². The minimum atomic E-state index is 0.0306. The van der Waals surface area contributed by atoms with E-state index in [-0.39, 0.29) is 5.41 Å². The predicted molar refractivity (Wildman–Crippen MR) is 141 cm³/mol. The van der Waals surface area contributed by atoms with Crippen LogP contribution in [0.15, 0.2) is 82.6 Å². The number of para-hydroxylation sites is 1. The van der Waals surface area contributed by atoms with Crippen molar-refractivity contribution in [1.29, 1.82) is 0 Å². The van der Waals surface area contributed by atoms with Crippen molar-refractivity contribution in [3.63, 3.8) is 0 Å². The monoisotopic (exact) mass is 447 g/mol. The lowest BCUT2D eigenvalue weighted by Crippen LogP contribution is -2.12. The number of aryl methyl sites for hydroxylation is 1. The molecule has 0 atom stereocenters. The van der Waals surface area contributed by atoms with Gasteiger partial charge in [-0.2, -0.15) is 0 Å². The average Bonchev–Trinajstić information content (AvgIpc) is 3.40. The molecule has 0 saturated carbocycles. The quantitative estimate of drug-likeness (QED) is 0.264. The zero-order valence-corrected chi connectivity index (χ0v) is 20.1. The Kier molecular flexibility index (Phi) is 4.46. The van der Waals surface area contributed by atoms with Crippen LogP contribution in [0.3, 0.4) is 0 Å². The van der Waals surface area contributed by atoms with Gasteiger partial charge in [-0.25, -0.2) is 4.98 Å². The van der Waals surface area contributed by atoms with E-state index in [1.54, 1.807) is 11.3 Å². The van der Waals surface area contributed by atoms with E-state index in [0.29, 0.717) is 0 Å². The smallest absolute Gasteiger partial charge is 0.134 e. The number of hydrogen-bond acceptors (Lipinski definition) is 3. The number of fused-ring (bicyclic) bond motifs is 3. The predicted octanol–water partition coefficient (Wildman–Crippen LogP) is 9.14. The molecule has 162 valence electrons. The van der Waals surface area contributed by atoms with Crippen molar-refractivity contribution in [3.8, 4) is 22.4 Å². The van der Waals surface area contributed by atoms with Gasteiger partial charge >= 0.3 is 0 Å². The lowest BCUT2D eigenvalue weighted by atomic mass is 9.82. The van der Waals surface area contributed by atoms with Gasteiger partial charge in [-0.05, 0) is 69.9 Å². The Morgan fingerprint density at radius 3 is 2.39 bits per heavy atom. The summed E-state index contributed by atoms with van der Waals surface area (Å²) in [5.41, 5.74) is 6.80. The lowest BCUT2D eigenvalue weighted by Gasteiger charge is -2.23. The van der Waals surface area contributed by atoms with E-state index in [9.17, 15) is 0 Å². The summed E-state index contributed by atoms with van der Waals surface area (Å²) in [4.78, 5) is 6.16. The molecule has 0 unspecified atom stereocenters. The number of pyridine rings is 1. The summed E-state index contributed by atoms with van der Waals surface area (Å²) < 4.78 is 6.13. The van der Waals surface area contributed by atoms with Gasteiger partial charge < -0.3 is 4.42 Å². The van der Waals surface area contributed by atoms with Gasteiger partial charge in [0.25, 0.3) is 0 Å². The summed E-state index contributed by atoms with van der Waals surface area (Å²) in [7, 11) is 0. The van der Waals surface area contributed by atoms with Gasteiger partial charge in [0.15, 0.2) is 0 Å². The second-order valence-electron chi connectivity index (χ2n) is 9.72. The highest BCUT2D eigenvalue weighted by Crippen LogP contribution is 2.42. The van der Waals surface area contributed by atoms with Gasteiger partial charge in [0.2, 0.25) is 0 Å². The van der Waals surface area contributed by atoms with E-state index in [1.165, 1.54) is 27.3 Å². The number of thiophene rings is 1. The maximum Gasteiger partial charge on any atom is 0.134 e. The van der Waals surface area contributed by atoms with Crippen LogP contribution in [0.25, 0.3) is 54.3 Å². The maximum absolute atomic E-state index is 6.13. The fourth-order valence-corrected chi connectivity index (χ4v) is 5.67. The molecule has 0 radical (unpaired) electrons. The SMILES string of the molecule is Cc1oc2ccccc2c1-c1cc(-c2cc(C(C)(C)C)c3ccccc3c2)nc2sccc12. The summed E-state index contributed by atoms with van der Waals surface area (Å²) in [6.07, 6.45) is 0. The van der Waals surface area contributed by atoms with Crippen LogP contribution in [0.4, 0.5) is 0 Å². The first kappa shape index (κ1) is 20.2. The van der Waals surface area contributed by atoms with Crippen molar-refractivity contribution in [2.75, 3.05) is 0 Å². The molecule has 0 bridgehead atoms. The molecule has 0 amide bonds. The Morgan fingerprint density at radius 1 is 0.818 bits per heavy atom. The van der Waals surface area contributed by atoms with E-state index in [4.69, 9.17) is 9.40 Å². The zero-order valence-electron chi connectivity index (χ0n) is 19.3. The third-order valence-electron chi connectivity index (χ3n) is 6.44. The summed E-state index contributed by atoms with van der Waals surface area (Å²) in [5.74, 6) is 0.940. The van der Waals surface area contributed by atoms with Gasteiger partial charge in [-0.3, -0.25) is 0 Å². The van der Waals surface area contributed by atoms with Crippen molar-refractivity contribution >= 4 is 43.3 Å². The lowest BCUT2D eigenvalue weighted by molar-refractivity contribution is 0.580. The molecule has 0 N–H and O–H groups in total. The van der Waals surface area contributed by atoms with Gasteiger partial charge in [-0.15, -0.1) is 11.3 Å². The molecule has 33 heavy (non-hydrogen) atoms. The molecule has 3 aromatic carbocycles. The number of furan rings is 1. The molecule has 0 fully saturated rings. The van der Waals surface area contributed by atoms with Crippen molar-refractivity contribution in [2.24, 2.45) is 0 Å². The molecule has 6 rings (SSSR count). The Bertz CT molecular complexity index is 1660. The second-order valence-corrected chi connectivity index (χ2v) is 10.6. The normalized spacial score (nSPS) is 12.2. The average molecular weight is 448 g/mol. The molecule has 3 aromatic heterocycles. The third-order valence-corrected chi connectivity index (χ3v) is 7.25. The van der Waals surface area contributed by atoms with Gasteiger partial charge in [0.05, 0.1) is 5.69 Å². The number of rotatable bonds is 2. The van der Waals surface area contributed by atoms with E-state index in [1.807, 2.05) is 12.1 Å². The Balaban J connectivity index is 1.66. The summed E-state index contributed by atoms with van der Waals surface area (Å²) in [5, 5.41) is 7.01. The molecular weight excluding hydrogens is 422 g/mol. The molecule has 0 spiro atoms. The van der Waals surface area contributed by atoms with Crippen LogP contribution in [-0.2, 0) is 5.41 Å². The second kappa shape index (κ2) is 7.29. The highest BCUT2D eigenvalue weighted by molar-refractivity contribution is 7.16. The van der Waals surface area contributed by atoms with Crippen molar-refractivity contribution in [2.45, 2.75) is 33.1 Å². The van der Waals surface area contributed by atoms with E-state index in [0.717, 1.165) is 38.4 Å². The fourth-order valence-electron chi connectivity index (χ4n) is 4.89. The molecule has 0 aliphatic heterocycles. The first-order chi connectivity index (χ1) is 15.9.